The van der Waals surface area contributed by atoms with Crippen LogP contribution in [0.15, 0.2) is 29.4 Å². The van der Waals surface area contributed by atoms with Crippen LogP contribution in [0.1, 0.15) is 5.56 Å². The first kappa shape index (κ1) is 9.54. The van der Waals surface area contributed by atoms with Crippen molar-refractivity contribution in [1.29, 1.82) is 0 Å². The summed E-state index contributed by atoms with van der Waals surface area (Å²) in [6, 6.07) is 7.87. The van der Waals surface area contributed by atoms with Crippen LogP contribution < -0.4 is 10.3 Å². The normalized spacial score (nSPS) is 23.6. The zero-order valence-corrected chi connectivity index (χ0v) is 9.10. The number of benzene rings is 1. The molecule has 0 bridgehead atoms. The minimum Gasteiger partial charge on any atom is -0.310 e. The van der Waals surface area contributed by atoms with Crippen molar-refractivity contribution in [3.05, 3.63) is 29.8 Å². The minimum absolute atomic E-state index is 0.0412. The van der Waals surface area contributed by atoms with E-state index in [4.69, 9.17) is 0 Å². The van der Waals surface area contributed by atoms with Gasteiger partial charge in [-0.1, -0.05) is 12.1 Å². The van der Waals surface area contributed by atoms with Crippen LogP contribution >= 0.6 is 0 Å². The van der Waals surface area contributed by atoms with E-state index in [-0.39, 0.29) is 11.8 Å². The number of nitrogens with one attached hydrogen (secondary N) is 1. The number of carbonyl (C=O) groups is 1. The maximum atomic E-state index is 12.1. The third kappa shape index (κ3) is 1.34. The molecule has 1 amide bonds. The fourth-order valence-electron chi connectivity index (χ4n) is 2.19. The Balaban J connectivity index is 1.97. The molecule has 2 heterocycles. The number of anilines is 1. The van der Waals surface area contributed by atoms with E-state index in [0.29, 0.717) is 0 Å². The smallest absolute Gasteiger partial charge is 0.257 e. The average Bonchev–Trinajstić information content (AvgIpc) is 2.82. The van der Waals surface area contributed by atoms with Gasteiger partial charge in [-0.2, -0.15) is 5.10 Å². The summed E-state index contributed by atoms with van der Waals surface area (Å²) in [5.74, 6) is 0.0473. The predicted molar refractivity (Wildman–Crippen MR) is 62.5 cm³/mol. The summed E-state index contributed by atoms with van der Waals surface area (Å²) >= 11 is 0. The molecule has 0 aromatic heterocycles. The van der Waals surface area contributed by atoms with Crippen molar-refractivity contribution in [3.8, 4) is 0 Å². The molecule has 16 heavy (non-hydrogen) atoms. The molecule has 4 heteroatoms. The lowest BCUT2D eigenvalue weighted by molar-refractivity contribution is -0.119. The van der Waals surface area contributed by atoms with Gasteiger partial charge in [0.1, 0.15) is 0 Å². The third-order valence-electron chi connectivity index (χ3n) is 3.04. The van der Waals surface area contributed by atoms with Crippen molar-refractivity contribution in [3.63, 3.8) is 0 Å². The Kier molecular flexibility index (Phi) is 2.04. The summed E-state index contributed by atoms with van der Waals surface area (Å²) in [5.41, 5.74) is 2.97. The molecule has 2 aliphatic rings. The maximum Gasteiger partial charge on any atom is 0.257 e. The lowest BCUT2D eigenvalue weighted by Gasteiger charge is -2.14. The van der Waals surface area contributed by atoms with Gasteiger partial charge in [-0.05, 0) is 24.6 Å². The SMILES string of the molecule is Cc1cccc(N2N=C3CNCC3C2=O)c1. The molecule has 1 aromatic rings. The molecular weight excluding hydrogens is 202 g/mol. The molecule has 1 atom stereocenters. The van der Waals surface area contributed by atoms with Crippen LogP contribution in [-0.4, -0.2) is 24.7 Å². The average molecular weight is 215 g/mol. The zero-order chi connectivity index (χ0) is 11.1. The van der Waals surface area contributed by atoms with E-state index in [1.54, 1.807) is 0 Å². The standard InChI is InChI=1S/C12H13N3O/c1-8-3-2-4-9(5-8)15-12(16)10-6-13-7-11(10)14-15/h2-5,10,13H,6-7H2,1H3. The van der Waals surface area contributed by atoms with Gasteiger partial charge in [-0.3, -0.25) is 4.79 Å². The van der Waals surface area contributed by atoms with Gasteiger partial charge in [0, 0.05) is 13.1 Å². The molecule has 1 aromatic carbocycles. The van der Waals surface area contributed by atoms with E-state index >= 15 is 0 Å². The van der Waals surface area contributed by atoms with Crippen LogP contribution in [-0.2, 0) is 4.79 Å². The summed E-state index contributed by atoms with van der Waals surface area (Å²) in [6.07, 6.45) is 0. The molecule has 3 rings (SSSR count). The molecule has 0 spiro atoms. The van der Waals surface area contributed by atoms with Crippen molar-refractivity contribution < 1.29 is 4.79 Å². The number of hydrogen-bond acceptors (Lipinski definition) is 3. The Bertz CT molecular complexity index is 481. The third-order valence-corrected chi connectivity index (χ3v) is 3.04. The number of carbonyl (C=O) groups excluding carboxylic acids is 1. The van der Waals surface area contributed by atoms with E-state index < -0.39 is 0 Å². The molecule has 1 N–H and O–H groups in total. The van der Waals surface area contributed by atoms with Gasteiger partial charge in [-0.15, -0.1) is 0 Å². The molecule has 0 radical (unpaired) electrons. The molecule has 0 aliphatic carbocycles. The van der Waals surface area contributed by atoms with Gasteiger partial charge >= 0.3 is 0 Å². The number of aryl methyl sites for hydroxylation is 1. The fourth-order valence-corrected chi connectivity index (χ4v) is 2.19. The van der Waals surface area contributed by atoms with Gasteiger partial charge in [0.15, 0.2) is 0 Å². The summed E-state index contributed by atoms with van der Waals surface area (Å²) in [5, 5.41) is 9.08. The van der Waals surface area contributed by atoms with Gasteiger partial charge in [0.05, 0.1) is 17.3 Å². The topological polar surface area (TPSA) is 44.7 Å². The Morgan fingerprint density at radius 2 is 2.38 bits per heavy atom. The highest BCUT2D eigenvalue weighted by molar-refractivity contribution is 6.17. The Morgan fingerprint density at radius 3 is 3.12 bits per heavy atom. The number of amides is 1. The first-order valence-electron chi connectivity index (χ1n) is 5.44. The van der Waals surface area contributed by atoms with E-state index in [1.807, 2.05) is 31.2 Å². The highest BCUT2D eigenvalue weighted by Crippen LogP contribution is 2.25. The fraction of sp³-hybridized carbons (Fsp3) is 0.333. The minimum atomic E-state index is -0.0412. The molecule has 82 valence electrons. The van der Waals surface area contributed by atoms with Crippen molar-refractivity contribution in [2.75, 3.05) is 18.1 Å². The molecule has 4 nitrogen and oxygen atoms in total. The summed E-state index contributed by atoms with van der Waals surface area (Å²) in [7, 11) is 0. The number of hydrazone groups is 1. The van der Waals surface area contributed by atoms with Crippen molar-refractivity contribution >= 4 is 17.3 Å². The van der Waals surface area contributed by atoms with E-state index in [1.165, 1.54) is 5.01 Å². The van der Waals surface area contributed by atoms with Crippen molar-refractivity contribution in [2.24, 2.45) is 11.0 Å². The van der Waals surface area contributed by atoms with Gasteiger partial charge in [0.25, 0.3) is 5.91 Å². The maximum absolute atomic E-state index is 12.1. The second-order valence-corrected chi connectivity index (χ2v) is 4.26. The molecule has 0 saturated carbocycles. The molecule has 2 aliphatic heterocycles. The highest BCUT2D eigenvalue weighted by Gasteiger charge is 2.39. The van der Waals surface area contributed by atoms with Crippen LogP contribution in [0.3, 0.4) is 0 Å². The second kappa shape index (κ2) is 3.42. The Labute approximate surface area is 93.9 Å². The van der Waals surface area contributed by atoms with Crippen LogP contribution in [0.4, 0.5) is 5.69 Å². The summed E-state index contributed by atoms with van der Waals surface area (Å²) < 4.78 is 0. The lowest BCUT2D eigenvalue weighted by atomic mass is 10.1. The van der Waals surface area contributed by atoms with Crippen LogP contribution in [0, 0.1) is 12.8 Å². The lowest BCUT2D eigenvalue weighted by Crippen LogP contribution is -2.29. The molecular formula is C12H13N3O. The van der Waals surface area contributed by atoms with Crippen molar-refractivity contribution in [2.45, 2.75) is 6.92 Å². The van der Waals surface area contributed by atoms with Crippen molar-refractivity contribution in [1.82, 2.24) is 5.32 Å². The number of nitrogens with zero attached hydrogens (tertiary/aromatic N) is 2. The predicted octanol–water partition coefficient (Wildman–Crippen LogP) is 0.917. The van der Waals surface area contributed by atoms with E-state index in [0.717, 1.165) is 30.1 Å². The first-order valence-corrected chi connectivity index (χ1v) is 5.44. The van der Waals surface area contributed by atoms with E-state index in [9.17, 15) is 4.79 Å². The Morgan fingerprint density at radius 1 is 1.50 bits per heavy atom. The molecule has 1 fully saturated rings. The monoisotopic (exact) mass is 215 g/mol. The second-order valence-electron chi connectivity index (χ2n) is 4.26. The van der Waals surface area contributed by atoms with Gasteiger partial charge in [-0.25, -0.2) is 5.01 Å². The number of rotatable bonds is 1. The van der Waals surface area contributed by atoms with Crippen LogP contribution in [0.5, 0.6) is 0 Å². The highest BCUT2D eigenvalue weighted by atomic mass is 16.2. The Hall–Kier alpha value is -1.68. The summed E-state index contributed by atoms with van der Waals surface area (Å²) in [4.78, 5) is 12.1. The summed E-state index contributed by atoms with van der Waals surface area (Å²) in [6.45, 7) is 3.47. The van der Waals surface area contributed by atoms with Gasteiger partial charge < -0.3 is 5.32 Å². The number of fused-ring (bicyclic) bond motifs is 1. The molecule has 1 unspecified atom stereocenters. The van der Waals surface area contributed by atoms with E-state index in [2.05, 4.69) is 10.4 Å². The number of hydrogen-bond donors (Lipinski definition) is 1. The van der Waals surface area contributed by atoms with Crippen LogP contribution in [0.25, 0.3) is 0 Å². The van der Waals surface area contributed by atoms with Gasteiger partial charge in [0.2, 0.25) is 0 Å². The zero-order valence-electron chi connectivity index (χ0n) is 9.10. The largest absolute Gasteiger partial charge is 0.310 e. The first-order chi connectivity index (χ1) is 7.75. The molecule has 1 saturated heterocycles. The quantitative estimate of drug-likeness (QED) is 0.757. The van der Waals surface area contributed by atoms with Crippen LogP contribution in [0.2, 0.25) is 0 Å².